The van der Waals surface area contributed by atoms with Crippen molar-refractivity contribution in [1.82, 2.24) is 15.1 Å². The average Bonchev–Trinajstić information content (AvgIpc) is 3.27. The summed E-state index contributed by atoms with van der Waals surface area (Å²) in [6, 6.07) is 11.7. The van der Waals surface area contributed by atoms with Crippen LogP contribution in [0.2, 0.25) is 0 Å². The predicted molar refractivity (Wildman–Crippen MR) is 88.3 cm³/mol. The third-order valence-electron chi connectivity index (χ3n) is 4.13. The molecule has 6 heteroatoms. The van der Waals surface area contributed by atoms with Crippen LogP contribution in [0.1, 0.15) is 17.9 Å². The number of nitrogens with zero attached hydrogens (tertiary/aromatic N) is 4. The van der Waals surface area contributed by atoms with Crippen molar-refractivity contribution in [2.45, 2.75) is 19.3 Å². The minimum atomic E-state index is 0.0843. The second-order valence-electron chi connectivity index (χ2n) is 5.68. The maximum atomic E-state index is 12.5. The maximum absolute atomic E-state index is 12.5. The average molecular weight is 320 g/mol. The molecule has 0 unspecified atom stereocenters. The summed E-state index contributed by atoms with van der Waals surface area (Å²) in [6.07, 6.45) is 5.07. The number of hydrogen-bond donors (Lipinski definition) is 0. The Hall–Kier alpha value is -3.02. The zero-order chi connectivity index (χ0) is 16.4. The topological polar surface area (TPSA) is 72.1 Å². The first-order chi connectivity index (χ1) is 11.8. The standard InChI is InChI=1S/C18H16N4O2/c23-17(22-11-9-13-4-1-2-6-15(13)22)8-7-16-20-18(21-24-16)14-5-3-10-19-12-14/h1-6,10,12H,7-9,11H2. The highest BCUT2D eigenvalue weighted by Gasteiger charge is 2.24. The number of rotatable bonds is 4. The lowest BCUT2D eigenvalue weighted by Gasteiger charge is -2.16. The minimum absolute atomic E-state index is 0.0843. The van der Waals surface area contributed by atoms with Crippen LogP contribution in [0, 0.1) is 0 Å². The van der Waals surface area contributed by atoms with Crippen molar-refractivity contribution < 1.29 is 9.32 Å². The summed E-state index contributed by atoms with van der Waals surface area (Å²) in [5, 5.41) is 3.95. The SMILES string of the molecule is O=C(CCc1nc(-c2cccnc2)no1)N1CCc2ccccc21. The van der Waals surface area contributed by atoms with Gasteiger partial charge in [0.25, 0.3) is 0 Å². The molecule has 1 aliphatic rings. The number of aryl methyl sites for hydroxylation is 1. The van der Waals surface area contributed by atoms with Crippen LogP contribution in [-0.2, 0) is 17.6 Å². The van der Waals surface area contributed by atoms with Crippen molar-refractivity contribution in [3.63, 3.8) is 0 Å². The van der Waals surface area contributed by atoms with Gasteiger partial charge in [0.15, 0.2) is 0 Å². The van der Waals surface area contributed by atoms with Gasteiger partial charge < -0.3 is 9.42 Å². The van der Waals surface area contributed by atoms with Gasteiger partial charge in [-0.25, -0.2) is 0 Å². The number of benzene rings is 1. The van der Waals surface area contributed by atoms with Crippen LogP contribution in [0.3, 0.4) is 0 Å². The Kier molecular flexibility index (Phi) is 3.78. The van der Waals surface area contributed by atoms with Crippen molar-refractivity contribution in [2.75, 3.05) is 11.4 Å². The number of carbonyl (C=O) groups excluding carboxylic acids is 1. The molecule has 0 N–H and O–H groups in total. The van der Waals surface area contributed by atoms with Crippen molar-refractivity contribution >= 4 is 11.6 Å². The maximum Gasteiger partial charge on any atom is 0.227 e. The first-order valence-electron chi connectivity index (χ1n) is 7.92. The molecule has 24 heavy (non-hydrogen) atoms. The zero-order valence-electron chi connectivity index (χ0n) is 13.1. The summed E-state index contributed by atoms with van der Waals surface area (Å²) in [5.41, 5.74) is 3.04. The van der Waals surface area contributed by atoms with Crippen molar-refractivity contribution in [3.05, 3.63) is 60.2 Å². The fourth-order valence-corrected chi connectivity index (χ4v) is 2.91. The van der Waals surface area contributed by atoms with Crippen molar-refractivity contribution in [2.24, 2.45) is 0 Å². The van der Waals surface area contributed by atoms with Crippen LogP contribution < -0.4 is 4.90 Å². The molecular formula is C18H16N4O2. The predicted octanol–water partition coefficient (Wildman–Crippen LogP) is 2.65. The molecular weight excluding hydrogens is 304 g/mol. The highest BCUT2D eigenvalue weighted by molar-refractivity contribution is 5.95. The van der Waals surface area contributed by atoms with Crippen molar-refractivity contribution in [3.8, 4) is 11.4 Å². The van der Waals surface area contributed by atoms with Crippen molar-refractivity contribution in [1.29, 1.82) is 0 Å². The summed E-state index contributed by atoms with van der Waals surface area (Å²) >= 11 is 0. The van der Waals surface area contributed by atoms with Crippen LogP contribution in [0.25, 0.3) is 11.4 Å². The first-order valence-corrected chi connectivity index (χ1v) is 7.92. The van der Waals surface area contributed by atoms with Gasteiger partial charge in [-0.15, -0.1) is 0 Å². The second-order valence-corrected chi connectivity index (χ2v) is 5.68. The minimum Gasteiger partial charge on any atom is -0.339 e. The zero-order valence-corrected chi connectivity index (χ0v) is 13.1. The van der Waals surface area contributed by atoms with E-state index in [1.807, 2.05) is 35.2 Å². The summed E-state index contributed by atoms with van der Waals surface area (Å²) in [7, 11) is 0. The van der Waals surface area contributed by atoms with E-state index in [1.165, 1.54) is 5.56 Å². The molecule has 0 fully saturated rings. The fourth-order valence-electron chi connectivity index (χ4n) is 2.91. The van der Waals surface area contributed by atoms with Crippen LogP contribution in [0.4, 0.5) is 5.69 Å². The molecule has 120 valence electrons. The van der Waals surface area contributed by atoms with Gasteiger partial charge in [0.1, 0.15) is 0 Å². The molecule has 1 amide bonds. The largest absolute Gasteiger partial charge is 0.339 e. The lowest BCUT2D eigenvalue weighted by Crippen LogP contribution is -2.29. The molecule has 6 nitrogen and oxygen atoms in total. The number of amides is 1. The number of anilines is 1. The lowest BCUT2D eigenvalue weighted by atomic mass is 10.2. The van der Waals surface area contributed by atoms with E-state index >= 15 is 0 Å². The Morgan fingerprint density at radius 3 is 3.00 bits per heavy atom. The third-order valence-corrected chi connectivity index (χ3v) is 4.13. The van der Waals surface area contributed by atoms with Crippen LogP contribution >= 0.6 is 0 Å². The van der Waals surface area contributed by atoms with Crippen LogP contribution in [-0.4, -0.2) is 27.6 Å². The number of pyridine rings is 1. The molecule has 0 spiro atoms. The smallest absolute Gasteiger partial charge is 0.227 e. The molecule has 0 atom stereocenters. The van der Waals surface area contributed by atoms with E-state index in [0.29, 0.717) is 24.6 Å². The molecule has 0 bridgehead atoms. The first kappa shape index (κ1) is 14.6. The summed E-state index contributed by atoms with van der Waals surface area (Å²) in [6.45, 7) is 0.739. The number of aromatic nitrogens is 3. The molecule has 4 rings (SSSR count). The molecule has 0 saturated carbocycles. The molecule has 3 heterocycles. The Morgan fingerprint density at radius 1 is 1.21 bits per heavy atom. The fraction of sp³-hybridized carbons (Fsp3) is 0.222. The highest BCUT2D eigenvalue weighted by atomic mass is 16.5. The van der Waals surface area contributed by atoms with Gasteiger partial charge in [0.2, 0.25) is 17.6 Å². The van der Waals surface area contributed by atoms with Gasteiger partial charge in [0.05, 0.1) is 0 Å². The van der Waals surface area contributed by atoms with Gasteiger partial charge in [-0.2, -0.15) is 4.98 Å². The Labute approximate surface area is 139 Å². The number of hydrogen-bond acceptors (Lipinski definition) is 5. The van der Waals surface area contributed by atoms with Crippen LogP contribution in [0.15, 0.2) is 53.3 Å². The lowest BCUT2D eigenvalue weighted by molar-refractivity contribution is -0.118. The Morgan fingerprint density at radius 2 is 2.12 bits per heavy atom. The molecule has 3 aromatic rings. The number of fused-ring (bicyclic) bond motifs is 1. The van der Waals surface area contributed by atoms with Gasteiger partial charge in [-0.3, -0.25) is 9.78 Å². The van der Waals surface area contributed by atoms with E-state index in [4.69, 9.17) is 4.52 Å². The Balaban J connectivity index is 1.41. The van der Waals surface area contributed by atoms with E-state index in [9.17, 15) is 4.79 Å². The van der Waals surface area contributed by atoms with E-state index in [2.05, 4.69) is 21.2 Å². The number of para-hydroxylation sites is 1. The van der Waals surface area contributed by atoms with Gasteiger partial charge >= 0.3 is 0 Å². The molecule has 0 radical (unpaired) electrons. The van der Waals surface area contributed by atoms with Gasteiger partial charge in [-0.1, -0.05) is 23.4 Å². The van der Waals surface area contributed by atoms with Gasteiger partial charge in [-0.05, 0) is 30.2 Å². The quantitative estimate of drug-likeness (QED) is 0.739. The molecule has 0 aliphatic carbocycles. The second kappa shape index (κ2) is 6.23. The van der Waals surface area contributed by atoms with Gasteiger partial charge in [0, 0.05) is 43.0 Å². The highest BCUT2D eigenvalue weighted by Crippen LogP contribution is 2.28. The molecule has 0 saturated heterocycles. The molecule has 1 aromatic carbocycles. The molecule has 2 aromatic heterocycles. The summed E-state index contributed by atoms with van der Waals surface area (Å²) in [5.74, 6) is 1.05. The summed E-state index contributed by atoms with van der Waals surface area (Å²) < 4.78 is 5.24. The normalized spacial score (nSPS) is 13.1. The summed E-state index contributed by atoms with van der Waals surface area (Å²) in [4.78, 5) is 22.7. The van der Waals surface area contributed by atoms with Crippen LogP contribution in [0.5, 0.6) is 0 Å². The monoisotopic (exact) mass is 320 g/mol. The van der Waals surface area contributed by atoms with E-state index in [1.54, 1.807) is 12.4 Å². The third kappa shape index (κ3) is 2.78. The van der Waals surface area contributed by atoms with E-state index in [0.717, 1.165) is 24.2 Å². The van der Waals surface area contributed by atoms with E-state index < -0.39 is 0 Å². The Bertz CT molecular complexity index is 860. The number of carbonyl (C=O) groups is 1. The molecule has 1 aliphatic heterocycles. The van der Waals surface area contributed by atoms with E-state index in [-0.39, 0.29) is 5.91 Å².